The van der Waals surface area contributed by atoms with Crippen molar-refractivity contribution in [2.45, 2.75) is 20.8 Å². The molecule has 0 unspecified atom stereocenters. The van der Waals surface area contributed by atoms with Gasteiger partial charge in [-0.25, -0.2) is 4.98 Å². The summed E-state index contributed by atoms with van der Waals surface area (Å²) >= 11 is 1.35. The van der Waals surface area contributed by atoms with Gasteiger partial charge in [-0.3, -0.25) is 9.59 Å². The smallest absolute Gasteiger partial charge is 0.258 e. The number of hydrogen-bond donors (Lipinski definition) is 1. The molecule has 0 aliphatic heterocycles. The van der Waals surface area contributed by atoms with Gasteiger partial charge in [0.15, 0.2) is 5.13 Å². The number of rotatable bonds is 8. The van der Waals surface area contributed by atoms with Crippen LogP contribution in [-0.2, 0) is 4.79 Å². The average Bonchev–Trinajstić information content (AvgIpc) is 3.04. The van der Waals surface area contributed by atoms with Gasteiger partial charge in [-0.2, -0.15) is 0 Å². The van der Waals surface area contributed by atoms with Crippen LogP contribution in [0.4, 0.5) is 5.13 Å². The molecule has 0 aliphatic carbocycles. The lowest BCUT2D eigenvalue weighted by atomic mass is 10.1. The molecule has 0 atom stereocenters. The maximum Gasteiger partial charge on any atom is 0.258 e. The lowest BCUT2D eigenvalue weighted by molar-refractivity contribution is -0.117. The average molecular weight is 391 g/mol. The van der Waals surface area contributed by atoms with Crippen molar-refractivity contribution in [3.63, 3.8) is 0 Å². The SMILES string of the molecule is COc1ccc(C(=O)N(CC(=O)Nc2nc(C)cs2)CC(C)C)c(OC)c1. The third-order valence-corrected chi connectivity index (χ3v) is 4.59. The Morgan fingerprint density at radius 1 is 1.26 bits per heavy atom. The molecule has 1 N–H and O–H groups in total. The number of nitrogens with one attached hydrogen (secondary N) is 1. The normalized spacial score (nSPS) is 10.6. The van der Waals surface area contributed by atoms with Gasteiger partial charge in [-0.15, -0.1) is 11.3 Å². The van der Waals surface area contributed by atoms with Crippen molar-refractivity contribution >= 4 is 28.3 Å². The molecule has 1 heterocycles. The van der Waals surface area contributed by atoms with Gasteiger partial charge in [0.1, 0.15) is 18.0 Å². The highest BCUT2D eigenvalue weighted by molar-refractivity contribution is 7.13. The van der Waals surface area contributed by atoms with Gasteiger partial charge in [0.25, 0.3) is 5.91 Å². The van der Waals surface area contributed by atoms with Gasteiger partial charge >= 0.3 is 0 Å². The number of hydrogen-bond acceptors (Lipinski definition) is 6. The lowest BCUT2D eigenvalue weighted by Gasteiger charge is -2.25. The van der Waals surface area contributed by atoms with E-state index in [-0.39, 0.29) is 24.3 Å². The van der Waals surface area contributed by atoms with Crippen LogP contribution in [0.15, 0.2) is 23.6 Å². The van der Waals surface area contributed by atoms with E-state index < -0.39 is 0 Å². The second-order valence-electron chi connectivity index (χ2n) is 6.49. The largest absolute Gasteiger partial charge is 0.497 e. The number of carbonyl (C=O) groups excluding carboxylic acids is 2. The summed E-state index contributed by atoms with van der Waals surface area (Å²) in [5.41, 5.74) is 1.23. The Morgan fingerprint density at radius 2 is 2.00 bits per heavy atom. The van der Waals surface area contributed by atoms with Crippen molar-refractivity contribution in [3.05, 3.63) is 34.8 Å². The number of aromatic nitrogens is 1. The van der Waals surface area contributed by atoms with Crippen molar-refractivity contribution in [1.82, 2.24) is 9.88 Å². The number of amides is 2. The maximum absolute atomic E-state index is 13.1. The van der Waals surface area contributed by atoms with E-state index in [4.69, 9.17) is 9.47 Å². The molecule has 0 spiro atoms. The van der Waals surface area contributed by atoms with Crippen LogP contribution in [-0.4, -0.2) is 49.0 Å². The molecule has 8 heteroatoms. The number of ether oxygens (including phenoxy) is 2. The van der Waals surface area contributed by atoms with Crippen molar-refractivity contribution < 1.29 is 19.1 Å². The van der Waals surface area contributed by atoms with Gasteiger partial charge in [-0.1, -0.05) is 13.8 Å². The first-order chi connectivity index (χ1) is 12.8. The molecule has 0 radical (unpaired) electrons. The highest BCUT2D eigenvalue weighted by atomic mass is 32.1. The van der Waals surface area contributed by atoms with Crippen LogP contribution in [0, 0.1) is 12.8 Å². The first kappa shape index (κ1) is 20.7. The van der Waals surface area contributed by atoms with E-state index in [1.54, 1.807) is 25.3 Å². The van der Waals surface area contributed by atoms with Gasteiger partial charge in [0, 0.05) is 18.0 Å². The van der Waals surface area contributed by atoms with Crippen molar-refractivity contribution in [1.29, 1.82) is 0 Å². The molecular formula is C19H25N3O4S. The van der Waals surface area contributed by atoms with Crippen molar-refractivity contribution in [3.8, 4) is 11.5 Å². The molecule has 0 fully saturated rings. The summed E-state index contributed by atoms with van der Waals surface area (Å²) in [7, 11) is 3.04. The second-order valence-corrected chi connectivity index (χ2v) is 7.35. The molecule has 1 aromatic carbocycles. The summed E-state index contributed by atoms with van der Waals surface area (Å²) in [5, 5.41) is 5.12. The lowest BCUT2D eigenvalue weighted by Crippen LogP contribution is -2.40. The molecular weight excluding hydrogens is 366 g/mol. The summed E-state index contributed by atoms with van der Waals surface area (Å²) in [6, 6.07) is 5.00. The Balaban J connectivity index is 2.19. The fourth-order valence-corrected chi connectivity index (χ4v) is 3.25. The third kappa shape index (κ3) is 5.68. The Labute approximate surface area is 163 Å². The summed E-state index contributed by atoms with van der Waals surface area (Å²) in [5.74, 6) is 0.646. The predicted octanol–water partition coefficient (Wildman–Crippen LogP) is 3.21. The number of aryl methyl sites for hydroxylation is 1. The monoisotopic (exact) mass is 391 g/mol. The minimum Gasteiger partial charge on any atom is -0.497 e. The maximum atomic E-state index is 13.1. The molecule has 2 amide bonds. The summed E-state index contributed by atoms with van der Waals surface area (Å²) in [6.07, 6.45) is 0. The fourth-order valence-electron chi connectivity index (χ4n) is 2.55. The Hall–Kier alpha value is -2.61. The third-order valence-electron chi connectivity index (χ3n) is 3.71. The zero-order valence-corrected chi connectivity index (χ0v) is 17.1. The zero-order chi connectivity index (χ0) is 20.0. The van der Waals surface area contributed by atoms with Crippen molar-refractivity contribution in [2.75, 3.05) is 32.6 Å². The van der Waals surface area contributed by atoms with E-state index in [0.29, 0.717) is 28.7 Å². The molecule has 2 rings (SSSR count). The highest BCUT2D eigenvalue weighted by Gasteiger charge is 2.23. The standard InChI is InChI=1S/C19H25N3O4S/c1-12(2)9-22(10-17(23)21-19-20-13(3)11-27-19)18(24)15-7-6-14(25-4)8-16(15)26-5/h6-8,11-12H,9-10H2,1-5H3,(H,20,21,23). The summed E-state index contributed by atoms with van der Waals surface area (Å²) < 4.78 is 10.5. The number of anilines is 1. The molecule has 1 aromatic heterocycles. The van der Waals surface area contributed by atoms with Gasteiger partial charge in [0.05, 0.1) is 25.5 Å². The molecule has 0 bridgehead atoms. The quantitative estimate of drug-likeness (QED) is 0.747. The molecule has 0 aliphatic rings. The van der Waals surface area contributed by atoms with E-state index >= 15 is 0 Å². The van der Waals surface area contributed by atoms with Gasteiger partial charge < -0.3 is 19.7 Å². The molecule has 0 saturated heterocycles. The fraction of sp³-hybridized carbons (Fsp3) is 0.421. The van der Waals surface area contributed by atoms with E-state index in [1.807, 2.05) is 26.2 Å². The van der Waals surface area contributed by atoms with Crippen LogP contribution < -0.4 is 14.8 Å². The molecule has 2 aromatic rings. The minimum atomic E-state index is -0.286. The van der Waals surface area contributed by atoms with E-state index in [1.165, 1.54) is 23.3 Å². The van der Waals surface area contributed by atoms with Crippen LogP contribution in [0.1, 0.15) is 29.9 Å². The molecule has 146 valence electrons. The number of methoxy groups -OCH3 is 2. The van der Waals surface area contributed by atoms with Gasteiger partial charge in [-0.05, 0) is 25.0 Å². The Morgan fingerprint density at radius 3 is 2.56 bits per heavy atom. The Bertz CT molecular complexity index is 804. The highest BCUT2D eigenvalue weighted by Crippen LogP contribution is 2.26. The molecule has 0 saturated carbocycles. The van der Waals surface area contributed by atoms with Crippen molar-refractivity contribution in [2.24, 2.45) is 5.92 Å². The van der Waals surface area contributed by atoms with Crippen LogP contribution in [0.5, 0.6) is 11.5 Å². The van der Waals surface area contributed by atoms with E-state index in [0.717, 1.165) is 5.69 Å². The number of carbonyl (C=O) groups is 2. The topological polar surface area (TPSA) is 80.8 Å². The van der Waals surface area contributed by atoms with E-state index in [2.05, 4.69) is 10.3 Å². The predicted molar refractivity (Wildman–Crippen MR) is 106 cm³/mol. The first-order valence-electron chi connectivity index (χ1n) is 8.57. The number of thiazole rings is 1. The van der Waals surface area contributed by atoms with Crippen LogP contribution >= 0.6 is 11.3 Å². The van der Waals surface area contributed by atoms with Crippen LogP contribution in [0.2, 0.25) is 0 Å². The second kappa shape index (κ2) is 9.36. The molecule has 27 heavy (non-hydrogen) atoms. The van der Waals surface area contributed by atoms with Gasteiger partial charge in [0.2, 0.25) is 5.91 Å². The minimum absolute atomic E-state index is 0.0647. The number of benzene rings is 1. The first-order valence-corrected chi connectivity index (χ1v) is 9.45. The summed E-state index contributed by atoms with van der Waals surface area (Å²) in [4.78, 5) is 31.2. The summed E-state index contributed by atoms with van der Waals surface area (Å²) in [6.45, 7) is 6.22. The Kier molecular flexibility index (Phi) is 7.18. The van der Waals surface area contributed by atoms with Crippen LogP contribution in [0.25, 0.3) is 0 Å². The van der Waals surface area contributed by atoms with Crippen LogP contribution in [0.3, 0.4) is 0 Å². The zero-order valence-electron chi connectivity index (χ0n) is 16.2. The number of nitrogens with zero attached hydrogens (tertiary/aromatic N) is 2. The molecule has 7 nitrogen and oxygen atoms in total. The van der Waals surface area contributed by atoms with E-state index in [9.17, 15) is 9.59 Å².